The number of anilines is 1. The second-order valence-electron chi connectivity index (χ2n) is 8.19. The first-order valence-electron chi connectivity index (χ1n) is 11.2. The first-order chi connectivity index (χ1) is 17.5. The molecular formula is C29H21ClN2O3S. The third-order valence-corrected chi connectivity index (χ3v) is 7.09. The number of esters is 1. The molecule has 0 unspecified atom stereocenters. The summed E-state index contributed by atoms with van der Waals surface area (Å²) in [6, 6.07) is 24.4. The third kappa shape index (κ3) is 4.49. The highest BCUT2D eigenvalue weighted by atomic mass is 35.5. The molecule has 0 atom stereocenters. The minimum atomic E-state index is -0.531. The first kappa shape index (κ1) is 23.7. The summed E-state index contributed by atoms with van der Waals surface area (Å²) in [5.74, 6) is -0.866. The number of amides is 1. The minimum absolute atomic E-state index is 0.302. The molecule has 2 heterocycles. The van der Waals surface area contributed by atoms with Gasteiger partial charge in [-0.05, 0) is 42.3 Å². The van der Waals surface area contributed by atoms with Crippen LogP contribution in [0.1, 0.15) is 26.3 Å². The second kappa shape index (κ2) is 9.93. The maximum Gasteiger partial charge on any atom is 0.341 e. The second-order valence-corrected chi connectivity index (χ2v) is 9.51. The van der Waals surface area contributed by atoms with E-state index in [-0.39, 0.29) is 5.91 Å². The molecule has 0 fully saturated rings. The number of fused-ring (bicyclic) bond motifs is 1. The normalized spacial score (nSPS) is 10.9. The number of rotatable bonds is 5. The molecule has 7 heteroatoms. The lowest BCUT2D eigenvalue weighted by atomic mass is 10.0. The maximum absolute atomic E-state index is 13.6. The van der Waals surface area contributed by atoms with Gasteiger partial charge in [-0.3, -0.25) is 4.79 Å². The summed E-state index contributed by atoms with van der Waals surface area (Å²) in [5.41, 5.74) is 5.67. The molecule has 5 nitrogen and oxygen atoms in total. The fraction of sp³-hybridized carbons (Fsp3) is 0.0690. The van der Waals surface area contributed by atoms with Crippen LogP contribution in [0.5, 0.6) is 0 Å². The Bertz CT molecular complexity index is 1610. The van der Waals surface area contributed by atoms with Crippen LogP contribution in [-0.4, -0.2) is 24.0 Å². The number of aromatic nitrogens is 1. The van der Waals surface area contributed by atoms with Crippen molar-refractivity contribution in [3.63, 3.8) is 0 Å². The van der Waals surface area contributed by atoms with Gasteiger partial charge in [0.25, 0.3) is 5.91 Å². The fourth-order valence-corrected chi connectivity index (χ4v) is 5.21. The monoisotopic (exact) mass is 512 g/mol. The Morgan fingerprint density at radius 2 is 1.67 bits per heavy atom. The number of para-hydroxylation sites is 1. The van der Waals surface area contributed by atoms with Gasteiger partial charge in [0.15, 0.2) is 0 Å². The van der Waals surface area contributed by atoms with Crippen LogP contribution in [-0.2, 0) is 4.74 Å². The molecule has 1 N–H and O–H groups in total. The molecule has 0 bridgehead atoms. The average molecular weight is 513 g/mol. The highest BCUT2D eigenvalue weighted by Crippen LogP contribution is 2.37. The number of nitrogens with one attached hydrogen (secondary N) is 1. The zero-order valence-corrected chi connectivity index (χ0v) is 21.1. The summed E-state index contributed by atoms with van der Waals surface area (Å²) < 4.78 is 5.05. The molecule has 5 rings (SSSR count). The Hall–Kier alpha value is -4.00. The number of ether oxygens (including phenoxy) is 1. The number of halogens is 1. The first-order valence-corrected chi connectivity index (χ1v) is 12.4. The van der Waals surface area contributed by atoms with Gasteiger partial charge >= 0.3 is 5.97 Å². The molecule has 178 valence electrons. The van der Waals surface area contributed by atoms with Crippen molar-refractivity contribution >= 4 is 50.7 Å². The topological polar surface area (TPSA) is 68.3 Å². The molecule has 2 aromatic heterocycles. The SMILES string of the molecule is COC(=O)c1c(-c2ccc(Cl)cc2)csc1NC(=O)c1cc(-c2ccccc2C)nc2ccccc12. The Morgan fingerprint density at radius 3 is 2.42 bits per heavy atom. The van der Waals surface area contributed by atoms with E-state index < -0.39 is 5.97 Å². The maximum atomic E-state index is 13.6. The van der Waals surface area contributed by atoms with Crippen molar-refractivity contribution in [2.24, 2.45) is 0 Å². The van der Waals surface area contributed by atoms with Crippen molar-refractivity contribution in [2.75, 3.05) is 12.4 Å². The molecule has 36 heavy (non-hydrogen) atoms. The number of nitrogens with zero attached hydrogens (tertiary/aromatic N) is 1. The number of thiophene rings is 1. The van der Waals surface area contributed by atoms with Crippen molar-refractivity contribution in [2.45, 2.75) is 6.92 Å². The molecule has 0 saturated heterocycles. The summed E-state index contributed by atoms with van der Waals surface area (Å²) in [6.45, 7) is 2.01. The van der Waals surface area contributed by atoms with E-state index in [1.807, 2.05) is 73.0 Å². The summed E-state index contributed by atoms with van der Waals surface area (Å²) in [5, 5.41) is 6.51. The summed E-state index contributed by atoms with van der Waals surface area (Å²) in [4.78, 5) is 31.2. The molecule has 3 aromatic carbocycles. The van der Waals surface area contributed by atoms with Crippen LogP contribution in [0.3, 0.4) is 0 Å². The van der Waals surface area contributed by atoms with Gasteiger partial charge in [0.2, 0.25) is 0 Å². The Labute approximate surface area is 217 Å². The average Bonchev–Trinajstić information content (AvgIpc) is 3.31. The highest BCUT2D eigenvalue weighted by Gasteiger charge is 2.24. The highest BCUT2D eigenvalue weighted by molar-refractivity contribution is 7.15. The smallest absolute Gasteiger partial charge is 0.341 e. The number of hydrogen-bond donors (Lipinski definition) is 1. The number of aryl methyl sites for hydroxylation is 1. The van der Waals surface area contributed by atoms with E-state index in [2.05, 4.69) is 5.32 Å². The van der Waals surface area contributed by atoms with Gasteiger partial charge in [-0.2, -0.15) is 0 Å². The quantitative estimate of drug-likeness (QED) is 0.246. The number of benzene rings is 3. The largest absolute Gasteiger partial charge is 0.465 e. The van der Waals surface area contributed by atoms with Crippen LogP contribution in [0.2, 0.25) is 5.02 Å². The van der Waals surface area contributed by atoms with Crippen LogP contribution < -0.4 is 5.32 Å². The van der Waals surface area contributed by atoms with Crippen LogP contribution in [0.15, 0.2) is 84.2 Å². The predicted molar refractivity (Wildman–Crippen MR) is 146 cm³/mol. The standard InChI is InChI=1S/C29H21ClN2O3S/c1-17-7-3-4-8-20(17)25-15-22(21-9-5-6-10-24(21)31-25)27(33)32-28-26(29(34)35-2)23(16-36-28)18-11-13-19(30)14-12-18/h3-16H,1-2H3,(H,32,33). The molecule has 1 amide bonds. The van der Waals surface area contributed by atoms with Crippen molar-refractivity contribution in [1.29, 1.82) is 0 Å². The third-order valence-electron chi connectivity index (χ3n) is 5.94. The van der Waals surface area contributed by atoms with Crippen molar-refractivity contribution < 1.29 is 14.3 Å². The van der Waals surface area contributed by atoms with E-state index in [9.17, 15) is 9.59 Å². The minimum Gasteiger partial charge on any atom is -0.465 e. The Kier molecular flexibility index (Phi) is 6.55. The van der Waals surface area contributed by atoms with Gasteiger partial charge < -0.3 is 10.1 Å². The van der Waals surface area contributed by atoms with E-state index in [1.165, 1.54) is 18.4 Å². The van der Waals surface area contributed by atoms with Crippen LogP contribution >= 0.6 is 22.9 Å². The molecule has 0 aliphatic heterocycles. The molecule has 5 aromatic rings. The molecule has 0 radical (unpaired) electrons. The van der Waals surface area contributed by atoms with Gasteiger partial charge in [0, 0.05) is 26.9 Å². The molecule has 0 aliphatic carbocycles. The van der Waals surface area contributed by atoms with E-state index >= 15 is 0 Å². The fourth-order valence-electron chi connectivity index (χ4n) is 4.13. The van der Waals surface area contributed by atoms with Gasteiger partial charge in [-0.1, -0.05) is 66.2 Å². The van der Waals surface area contributed by atoms with Crippen molar-refractivity contribution in [3.05, 3.63) is 106 Å². The lowest BCUT2D eigenvalue weighted by Crippen LogP contribution is -2.15. The van der Waals surface area contributed by atoms with Gasteiger partial charge in [0.1, 0.15) is 10.6 Å². The number of carbonyl (C=O) groups excluding carboxylic acids is 2. The Morgan fingerprint density at radius 1 is 0.944 bits per heavy atom. The lowest BCUT2D eigenvalue weighted by Gasteiger charge is -2.12. The van der Waals surface area contributed by atoms with Crippen molar-refractivity contribution in [1.82, 2.24) is 4.98 Å². The van der Waals surface area contributed by atoms with Gasteiger partial charge in [-0.15, -0.1) is 11.3 Å². The molecular weight excluding hydrogens is 492 g/mol. The van der Waals surface area contributed by atoms with Crippen LogP contribution in [0.25, 0.3) is 33.3 Å². The van der Waals surface area contributed by atoms with E-state index in [0.717, 1.165) is 22.1 Å². The molecule has 0 spiro atoms. The van der Waals surface area contributed by atoms with Crippen molar-refractivity contribution in [3.8, 4) is 22.4 Å². The zero-order chi connectivity index (χ0) is 25.2. The number of pyridine rings is 1. The van der Waals surface area contributed by atoms with E-state index in [0.29, 0.717) is 37.9 Å². The molecule has 0 saturated carbocycles. The van der Waals surface area contributed by atoms with Gasteiger partial charge in [-0.25, -0.2) is 9.78 Å². The Balaban J connectivity index is 1.59. The van der Waals surface area contributed by atoms with E-state index in [4.69, 9.17) is 21.3 Å². The predicted octanol–water partition coefficient (Wildman–Crippen LogP) is 7.63. The summed E-state index contributed by atoms with van der Waals surface area (Å²) in [7, 11) is 1.32. The number of methoxy groups -OCH3 is 1. The number of hydrogen-bond acceptors (Lipinski definition) is 5. The summed E-state index contributed by atoms with van der Waals surface area (Å²) in [6.07, 6.45) is 0. The van der Waals surface area contributed by atoms with Crippen LogP contribution in [0.4, 0.5) is 5.00 Å². The van der Waals surface area contributed by atoms with Crippen LogP contribution in [0, 0.1) is 6.92 Å². The van der Waals surface area contributed by atoms with Gasteiger partial charge in [0.05, 0.1) is 23.9 Å². The number of carbonyl (C=O) groups is 2. The van der Waals surface area contributed by atoms with E-state index in [1.54, 1.807) is 18.2 Å². The summed E-state index contributed by atoms with van der Waals surface area (Å²) >= 11 is 7.30. The molecule has 0 aliphatic rings. The lowest BCUT2D eigenvalue weighted by molar-refractivity contribution is 0.0603. The zero-order valence-electron chi connectivity index (χ0n) is 19.5.